The Hall–Kier alpha value is -1.59. The largest absolute Gasteiger partial charge is 0.480 e. The second-order valence-electron chi connectivity index (χ2n) is 5.17. The number of hydrogen-bond acceptors (Lipinski definition) is 3. The summed E-state index contributed by atoms with van der Waals surface area (Å²) in [6, 6.07) is 6.48. The highest BCUT2D eigenvalue weighted by atomic mass is 35.5. The zero-order valence-corrected chi connectivity index (χ0v) is 13.2. The lowest BCUT2D eigenvalue weighted by atomic mass is 10.1. The van der Waals surface area contributed by atoms with Crippen LogP contribution >= 0.6 is 11.6 Å². The van der Waals surface area contributed by atoms with E-state index in [1.165, 1.54) is 0 Å². The second kappa shape index (κ2) is 8.00. The first kappa shape index (κ1) is 17.5. The molecule has 0 radical (unpaired) electrons. The minimum atomic E-state index is -0.932. The van der Waals surface area contributed by atoms with Gasteiger partial charge in [-0.2, -0.15) is 0 Å². The van der Waals surface area contributed by atoms with Crippen molar-refractivity contribution in [3.63, 3.8) is 0 Å². The molecule has 0 spiro atoms. The van der Waals surface area contributed by atoms with Gasteiger partial charge in [0, 0.05) is 31.1 Å². The van der Waals surface area contributed by atoms with Crippen molar-refractivity contribution in [2.45, 2.75) is 38.9 Å². The lowest BCUT2D eigenvalue weighted by Crippen LogP contribution is -2.42. The van der Waals surface area contributed by atoms with Gasteiger partial charge in [0.1, 0.15) is 6.04 Å². The van der Waals surface area contributed by atoms with E-state index >= 15 is 0 Å². The molecule has 6 heteroatoms. The number of carboxylic acids is 1. The Morgan fingerprint density at radius 1 is 1.33 bits per heavy atom. The summed E-state index contributed by atoms with van der Waals surface area (Å²) in [5.41, 5.74) is 0.884. The van der Waals surface area contributed by atoms with E-state index < -0.39 is 12.0 Å². The van der Waals surface area contributed by atoms with Crippen LogP contribution in [-0.2, 0) is 16.1 Å². The van der Waals surface area contributed by atoms with Crippen molar-refractivity contribution in [1.29, 1.82) is 0 Å². The fourth-order valence-electron chi connectivity index (χ4n) is 1.95. The van der Waals surface area contributed by atoms with Crippen molar-refractivity contribution in [2.24, 2.45) is 0 Å². The van der Waals surface area contributed by atoms with E-state index in [4.69, 9.17) is 16.7 Å². The molecule has 0 aliphatic rings. The second-order valence-corrected chi connectivity index (χ2v) is 5.58. The van der Waals surface area contributed by atoms with Crippen LogP contribution in [0.4, 0.5) is 0 Å². The summed E-state index contributed by atoms with van der Waals surface area (Å²) < 4.78 is 0. The predicted octanol–water partition coefficient (Wildman–Crippen LogP) is 2.14. The van der Waals surface area contributed by atoms with Crippen LogP contribution < -0.4 is 5.32 Å². The summed E-state index contributed by atoms with van der Waals surface area (Å²) in [4.78, 5) is 24.5. The average molecular weight is 313 g/mol. The molecule has 0 aromatic heterocycles. The van der Waals surface area contributed by atoms with Gasteiger partial charge < -0.3 is 15.3 Å². The number of benzene rings is 1. The number of nitrogens with one attached hydrogen (secondary N) is 1. The molecule has 2 N–H and O–H groups in total. The van der Waals surface area contributed by atoms with Gasteiger partial charge >= 0.3 is 5.97 Å². The van der Waals surface area contributed by atoms with Gasteiger partial charge in [-0.15, -0.1) is 0 Å². The topological polar surface area (TPSA) is 69.6 Å². The molecular formula is C15H21ClN2O3. The van der Waals surface area contributed by atoms with Crippen LogP contribution in [0.25, 0.3) is 0 Å². The number of carboxylic acid groups (broad SMARTS) is 1. The Bertz CT molecular complexity index is 507. The number of rotatable bonds is 7. The molecule has 0 saturated carbocycles. The van der Waals surface area contributed by atoms with Crippen LogP contribution in [0.2, 0.25) is 5.02 Å². The summed E-state index contributed by atoms with van der Waals surface area (Å²) >= 11 is 6.07. The highest BCUT2D eigenvalue weighted by Crippen LogP contribution is 2.16. The first-order valence-electron chi connectivity index (χ1n) is 6.77. The Morgan fingerprint density at radius 2 is 1.95 bits per heavy atom. The molecule has 0 saturated heterocycles. The third-order valence-corrected chi connectivity index (χ3v) is 3.55. The molecule has 1 rings (SSSR count). The summed E-state index contributed by atoms with van der Waals surface area (Å²) in [7, 11) is 1.71. The van der Waals surface area contributed by atoms with E-state index in [1.54, 1.807) is 31.9 Å². The lowest BCUT2D eigenvalue weighted by Gasteiger charge is -2.22. The maximum atomic E-state index is 12.1. The third kappa shape index (κ3) is 5.73. The van der Waals surface area contributed by atoms with Crippen molar-refractivity contribution in [3.8, 4) is 0 Å². The Morgan fingerprint density at radius 3 is 2.52 bits per heavy atom. The van der Waals surface area contributed by atoms with Crippen LogP contribution in [0, 0.1) is 0 Å². The molecule has 0 bridgehead atoms. The van der Waals surface area contributed by atoms with Crippen LogP contribution in [0.15, 0.2) is 24.3 Å². The van der Waals surface area contributed by atoms with Gasteiger partial charge in [-0.3, -0.25) is 9.59 Å². The highest BCUT2D eigenvalue weighted by Gasteiger charge is 2.18. The van der Waals surface area contributed by atoms with E-state index in [-0.39, 0.29) is 18.4 Å². The zero-order valence-electron chi connectivity index (χ0n) is 12.5. The molecule has 1 aromatic carbocycles. The highest BCUT2D eigenvalue weighted by molar-refractivity contribution is 6.31. The molecule has 0 aliphatic heterocycles. The molecular weight excluding hydrogens is 292 g/mol. The molecule has 116 valence electrons. The van der Waals surface area contributed by atoms with Gasteiger partial charge in [-0.1, -0.05) is 29.8 Å². The zero-order chi connectivity index (χ0) is 16.0. The average Bonchev–Trinajstić information content (AvgIpc) is 2.40. The molecule has 0 heterocycles. The first-order chi connectivity index (χ1) is 9.81. The number of nitrogens with zero attached hydrogens (tertiary/aromatic N) is 1. The SMILES string of the molecule is CC(CC(=O)N(C)Cc1ccccc1Cl)NC(C)C(=O)O. The summed E-state index contributed by atoms with van der Waals surface area (Å²) in [6.45, 7) is 3.77. The maximum absolute atomic E-state index is 12.1. The third-order valence-electron chi connectivity index (χ3n) is 3.18. The quantitative estimate of drug-likeness (QED) is 0.809. The monoisotopic (exact) mass is 312 g/mol. The van der Waals surface area contributed by atoms with Crippen LogP contribution in [0.3, 0.4) is 0 Å². The van der Waals surface area contributed by atoms with Crippen molar-refractivity contribution in [1.82, 2.24) is 10.2 Å². The molecule has 21 heavy (non-hydrogen) atoms. The number of amides is 1. The molecule has 1 amide bonds. The number of halogens is 1. The molecule has 0 fully saturated rings. The number of carbonyl (C=O) groups excluding carboxylic acids is 1. The minimum absolute atomic E-state index is 0.0625. The number of carbonyl (C=O) groups is 2. The molecule has 1 aromatic rings. The van der Waals surface area contributed by atoms with E-state index in [1.807, 2.05) is 18.2 Å². The predicted molar refractivity (Wildman–Crippen MR) is 82.2 cm³/mol. The van der Waals surface area contributed by atoms with Gasteiger partial charge in [-0.25, -0.2) is 0 Å². The van der Waals surface area contributed by atoms with Gasteiger partial charge in [0.15, 0.2) is 0 Å². The van der Waals surface area contributed by atoms with Gasteiger partial charge in [0.25, 0.3) is 0 Å². The number of aliphatic carboxylic acids is 1. The Labute approximate surface area is 129 Å². The lowest BCUT2D eigenvalue weighted by molar-refractivity contribution is -0.139. The van der Waals surface area contributed by atoms with E-state index in [0.29, 0.717) is 11.6 Å². The molecule has 2 atom stereocenters. The van der Waals surface area contributed by atoms with E-state index in [9.17, 15) is 9.59 Å². The van der Waals surface area contributed by atoms with Crippen LogP contribution in [0.1, 0.15) is 25.8 Å². The standard InChI is InChI=1S/C15H21ClN2O3/c1-10(17-11(2)15(20)21)8-14(19)18(3)9-12-6-4-5-7-13(12)16/h4-7,10-11,17H,8-9H2,1-3H3,(H,20,21). The Kier molecular flexibility index (Phi) is 6.65. The van der Waals surface area contributed by atoms with Gasteiger partial charge in [-0.05, 0) is 25.5 Å². The summed E-state index contributed by atoms with van der Waals surface area (Å²) in [5, 5.41) is 12.3. The van der Waals surface area contributed by atoms with E-state index in [0.717, 1.165) is 5.56 Å². The Balaban J connectivity index is 2.51. The minimum Gasteiger partial charge on any atom is -0.480 e. The van der Waals surface area contributed by atoms with Crippen LogP contribution in [0.5, 0.6) is 0 Å². The van der Waals surface area contributed by atoms with Gasteiger partial charge in [0.05, 0.1) is 0 Å². The fourth-order valence-corrected chi connectivity index (χ4v) is 2.14. The molecule has 0 aliphatic carbocycles. The summed E-state index contributed by atoms with van der Waals surface area (Å²) in [5.74, 6) is -0.994. The fraction of sp³-hybridized carbons (Fsp3) is 0.467. The summed E-state index contributed by atoms with van der Waals surface area (Å²) in [6.07, 6.45) is 0.235. The van der Waals surface area contributed by atoms with Crippen molar-refractivity contribution in [3.05, 3.63) is 34.9 Å². The maximum Gasteiger partial charge on any atom is 0.320 e. The van der Waals surface area contributed by atoms with Crippen LogP contribution in [-0.4, -0.2) is 41.0 Å². The first-order valence-corrected chi connectivity index (χ1v) is 7.15. The smallest absolute Gasteiger partial charge is 0.320 e. The molecule has 2 unspecified atom stereocenters. The van der Waals surface area contributed by atoms with Crippen molar-refractivity contribution >= 4 is 23.5 Å². The van der Waals surface area contributed by atoms with Gasteiger partial charge in [0.2, 0.25) is 5.91 Å². The van der Waals surface area contributed by atoms with Crippen molar-refractivity contribution < 1.29 is 14.7 Å². The molecule has 5 nitrogen and oxygen atoms in total. The van der Waals surface area contributed by atoms with E-state index in [2.05, 4.69) is 5.32 Å². The van der Waals surface area contributed by atoms with Crippen molar-refractivity contribution in [2.75, 3.05) is 7.05 Å². The normalized spacial score (nSPS) is 13.5. The number of hydrogen-bond donors (Lipinski definition) is 2.